The molecule has 0 atom stereocenters. The molecule has 0 saturated carbocycles. The number of benzene rings is 1. The van der Waals surface area contributed by atoms with Crippen molar-refractivity contribution in [3.8, 4) is 11.3 Å². The van der Waals surface area contributed by atoms with Gasteiger partial charge in [0.2, 0.25) is 0 Å². The molecule has 0 bridgehead atoms. The molecule has 88 valence electrons. The third-order valence-electron chi connectivity index (χ3n) is 2.64. The van der Waals surface area contributed by atoms with Crippen LogP contribution in [0.5, 0.6) is 0 Å². The van der Waals surface area contributed by atoms with Gasteiger partial charge in [0.05, 0.1) is 7.11 Å². The lowest BCUT2D eigenvalue weighted by atomic mass is 10.1. The number of carbonyl (C=O) groups excluding carboxylic acids is 1. The molecule has 17 heavy (non-hydrogen) atoms. The largest absolute Gasteiger partial charge is 0.464 e. The number of halogens is 1. The molecule has 0 aliphatic heterocycles. The molecule has 1 heterocycles. The summed E-state index contributed by atoms with van der Waals surface area (Å²) >= 11 is 5.94. The van der Waals surface area contributed by atoms with Gasteiger partial charge in [0.1, 0.15) is 5.69 Å². The van der Waals surface area contributed by atoms with Crippen molar-refractivity contribution in [1.82, 2.24) is 4.57 Å². The maximum Gasteiger partial charge on any atom is 0.354 e. The summed E-state index contributed by atoms with van der Waals surface area (Å²) < 4.78 is 6.49. The van der Waals surface area contributed by atoms with Crippen molar-refractivity contribution in [2.24, 2.45) is 7.05 Å². The van der Waals surface area contributed by atoms with Crippen molar-refractivity contribution in [2.75, 3.05) is 7.11 Å². The van der Waals surface area contributed by atoms with E-state index in [0.29, 0.717) is 10.7 Å². The molecule has 0 amide bonds. The molecule has 1 aromatic carbocycles. The van der Waals surface area contributed by atoms with Crippen LogP contribution in [0.1, 0.15) is 10.5 Å². The van der Waals surface area contributed by atoms with Gasteiger partial charge in [0.25, 0.3) is 0 Å². The van der Waals surface area contributed by atoms with E-state index >= 15 is 0 Å². The Kier molecular flexibility index (Phi) is 3.20. The number of carbonyl (C=O) groups is 1. The second-order valence-electron chi connectivity index (χ2n) is 3.66. The monoisotopic (exact) mass is 249 g/mol. The van der Waals surface area contributed by atoms with E-state index in [9.17, 15) is 4.79 Å². The van der Waals surface area contributed by atoms with Crippen LogP contribution in [0.4, 0.5) is 0 Å². The van der Waals surface area contributed by atoms with E-state index in [2.05, 4.69) is 0 Å². The minimum Gasteiger partial charge on any atom is -0.464 e. The van der Waals surface area contributed by atoms with Crippen molar-refractivity contribution in [2.45, 2.75) is 0 Å². The van der Waals surface area contributed by atoms with Crippen LogP contribution in [0.15, 0.2) is 36.4 Å². The molecule has 0 aliphatic carbocycles. The molecule has 0 unspecified atom stereocenters. The van der Waals surface area contributed by atoms with Crippen molar-refractivity contribution < 1.29 is 9.53 Å². The zero-order valence-electron chi connectivity index (χ0n) is 9.61. The highest BCUT2D eigenvalue weighted by Crippen LogP contribution is 2.24. The summed E-state index contributed by atoms with van der Waals surface area (Å²) in [4.78, 5) is 11.5. The Bertz CT molecular complexity index is 560. The Hall–Kier alpha value is -1.74. The van der Waals surface area contributed by atoms with Gasteiger partial charge in [-0.2, -0.15) is 0 Å². The van der Waals surface area contributed by atoms with Gasteiger partial charge in [-0.15, -0.1) is 0 Å². The number of aromatic nitrogens is 1. The molecule has 0 radical (unpaired) electrons. The summed E-state index contributed by atoms with van der Waals surface area (Å²) in [5.74, 6) is -0.347. The van der Waals surface area contributed by atoms with E-state index < -0.39 is 0 Å². The molecule has 1 aromatic heterocycles. The lowest BCUT2D eigenvalue weighted by Gasteiger charge is -2.06. The summed E-state index contributed by atoms with van der Waals surface area (Å²) in [6.07, 6.45) is 0. The summed E-state index contributed by atoms with van der Waals surface area (Å²) in [6, 6.07) is 11.1. The Labute approximate surface area is 105 Å². The lowest BCUT2D eigenvalue weighted by molar-refractivity contribution is 0.0590. The molecule has 0 saturated heterocycles. The molecule has 3 nitrogen and oxygen atoms in total. The highest BCUT2D eigenvalue weighted by atomic mass is 35.5. The first kappa shape index (κ1) is 11.7. The number of esters is 1. The van der Waals surface area contributed by atoms with E-state index in [0.717, 1.165) is 11.3 Å². The van der Waals surface area contributed by atoms with E-state index in [4.69, 9.17) is 16.3 Å². The van der Waals surface area contributed by atoms with Crippen LogP contribution in [-0.4, -0.2) is 17.6 Å². The average molecular weight is 250 g/mol. The van der Waals surface area contributed by atoms with Gasteiger partial charge in [0.15, 0.2) is 0 Å². The van der Waals surface area contributed by atoms with Crippen LogP contribution < -0.4 is 0 Å². The van der Waals surface area contributed by atoms with Gasteiger partial charge in [-0.1, -0.05) is 23.7 Å². The zero-order valence-corrected chi connectivity index (χ0v) is 10.4. The molecule has 0 spiro atoms. The van der Waals surface area contributed by atoms with Gasteiger partial charge in [0, 0.05) is 17.8 Å². The van der Waals surface area contributed by atoms with Crippen LogP contribution in [0.25, 0.3) is 11.3 Å². The van der Waals surface area contributed by atoms with Crippen LogP contribution >= 0.6 is 11.6 Å². The Morgan fingerprint density at radius 1 is 1.29 bits per heavy atom. The number of methoxy groups -OCH3 is 1. The fourth-order valence-corrected chi connectivity index (χ4v) is 1.95. The van der Waals surface area contributed by atoms with Crippen molar-refractivity contribution >= 4 is 17.6 Å². The molecule has 0 aliphatic rings. The maximum absolute atomic E-state index is 11.5. The van der Waals surface area contributed by atoms with Gasteiger partial charge < -0.3 is 9.30 Å². The van der Waals surface area contributed by atoms with E-state index in [1.54, 1.807) is 10.6 Å². The Morgan fingerprint density at radius 2 is 2.06 bits per heavy atom. The smallest absolute Gasteiger partial charge is 0.354 e. The molecule has 0 fully saturated rings. The molecule has 2 aromatic rings. The molecule has 4 heteroatoms. The normalized spacial score (nSPS) is 10.3. The predicted octanol–water partition coefficient (Wildman–Crippen LogP) is 3.13. The van der Waals surface area contributed by atoms with Gasteiger partial charge in [-0.3, -0.25) is 0 Å². The van der Waals surface area contributed by atoms with E-state index in [1.807, 2.05) is 37.4 Å². The fraction of sp³-hybridized carbons (Fsp3) is 0.154. The third kappa shape index (κ3) is 2.19. The van der Waals surface area contributed by atoms with Crippen molar-refractivity contribution in [3.63, 3.8) is 0 Å². The first-order valence-electron chi connectivity index (χ1n) is 5.13. The van der Waals surface area contributed by atoms with Crippen LogP contribution in [0.2, 0.25) is 5.02 Å². The van der Waals surface area contributed by atoms with Crippen LogP contribution in [-0.2, 0) is 11.8 Å². The minimum absolute atomic E-state index is 0.347. The standard InChI is InChI=1S/C13H12ClNO2/c1-15-11(6-7-12(15)13(16)17-2)9-4-3-5-10(14)8-9/h3-8H,1-2H3. The lowest BCUT2D eigenvalue weighted by Crippen LogP contribution is -2.07. The Morgan fingerprint density at radius 3 is 2.71 bits per heavy atom. The van der Waals surface area contributed by atoms with Gasteiger partial charge >= 0.3 is 5.97 Å². The number of ether oxygens (including phenoxy) is 1. The third-order valence-corrected chi connectivity index (χ3v) is 2.87. The van der Waals surface area contributed by atoms with E-state index in [1.165, 1.54) is 7.11 Å². The second-order valence-corrected chi connectivity index (χ2v) is 4.10. The molecular weight excluding hydrogens is 238 g/mol. The highest BCUT2D eigenvalue weighted by Gasteiger charge is 2.13. The summed E-state index contributed by atoms with van der Waals surface area (Å²) in [7, 11) is 3.19. The van der Waals surface area contributed by atoms with Gasteiger partial charge in [-0.05, 0) is 29.8 Å². The first-order valence-corrected chi connectivity index (χ1v) is 5.51. The maximum atomic E-state index is 11.5. The first-order chi connectivity index (χ1) is 8.13. The topological polar surface area (TPSA) is 31.2 Å². The molecular formula is C13H12ClNO2. The summed E-state index contributed by atoms with van der Waals surface area (Å²) in [5, 5.41) is 0.670. The summed E-state index contributed by atoms with van der Waals surface area (Å²) in [5.41, 5.74) is 2.41. The highest BCUT2D eigenvalue weighted by molar-refractivity contribution is 6.30. The number of rotatable bonds is 2. The quantitative estimate of drug-likeness (QED) is 0.766. The van der Waals surface area contributed by atoms with Crippen molar-refractivity contribution in [1.29, 1.82) is 0 Å². The average Bonchev–Trinajstić information content (AvgIpc) is 2.70. The molecule has 0 N–H and O–H groups in total. The van der Waals surface area contributed by atoms with Gasteiger partial charge in [-0.25, -0.2) is 4.79 Å². The minimum atomic E-state index is -0.347. The Balaban J connectivity index is 2.48. The fourth-order valence-electron chi connectivity index (χ4n) is 1.76. The van der Waals surface area contributed by atoms with Crippen LogP contribution in [0, 0.1) is 0 Å². The van der Waals surface area contributed by atoms with Crippen molar-refractivity contribution in [3.05, 3.63) is 47.1 Å². The zero-order chi connectivity index (χ0) is 12.4. The van der Waals surface area contributed by atoms with Crippen LogP contribution in [0.3, 0.4) is 0 Å². The second kappa shape index (κ2) is 4.63. The SMILES string of the molecule is COC(=O)c1ccc(-c2cccc(Cl)c2)n1C. The number of hydrogen-bond acceptors (Lipinski definition) is 2. The van der Waals surface area contributed by atoms with E-state index in [-0.39, 0.29) is 5.97 Å². The predicted molar refractivity (Wildman–Crippen MR) is 67.2 cm³/mol. The number of hydrogen-bond donors (Lipinski definition) is 0. The number of nitrogens with zero attached hydrogens (tertiary/aromatic N) is 1. The molecule has 2 rings (SSSR count). The summed E-state index contributed by atoms with van der Waals surface area (Å²) in [6.45, 7) is 0.